The van der Waals surface area contributed by atoms with Crippen LogP contribution in [-0.2, 0) is 10.8 Å². The van der Waals surface area contributed by atoms with Crippen LogP contribution in [0.5, 0.6) is 17.2 Å². The van der Waals surface area contributed by atoms with Crippen molar-refractivity contribution in [2.45, 2.75) is 71.1 Å². The van der Waals surface area contributed by atoms with E-state index in [0.29, 0.717) is 46.3 Å². The molecule has 8 heteroatoms. The number of aromatic nitrogens is 1. The fourth-order valence-corrected chi connectivity index (χ4v) is 6.54. The fourth-order valence-electron chi connectivity index (χ4n) is 5.05. The van der Waals surface area contributed by atoms with Gasteiger partial charge in [-0.3, -0.25) is 4.79 Å². The molecule has 210 valence electrons. The molecular weight excluding hydrogens is 576 g/mol. The predicted molar refractivity (Wildman–Crippen MR) is 162 cm³/mol. The third kappa shape index (κ3) is 6.12. The monoisotopic (exact) mass is 614 g/mol. The Morgan fingerprint density at radius 2 is 1.51 bits per heavy atom. The number of aromatic hydroxyl groups is 1. The van der Waals surface area contributed by atoms with Crippen molar-refractivity contribution < 1.29 is 19.4 Å². The zero-order valence-corrected chi connectivity index (χ0v) is 26.5. The summed E-state index contributed by atoms with van der Waals surface area (Å²) in [5, 5.41) is 14.3. The van der Waals surface area contributed by atoms with Gasteiger partial charge in [0.15, 0.2) is 11.5 Å². The van der Waals surface area contributed by atoms with E-state index < -0.39 is 0 Å². The van der Waals surface area contributed by atoms with Gasteiger partial charge in [0.1, 0.15) is 5.75 Å². The maximum Gasteiger partial charge on any atom is 0.255 e. The highest BCUT2D eigenvalue weighted by Gasteiger charge is 2.30. The highest BCUT2D eigenvalue weighted by Crippen LogP contribution is 2.43. The lowest BCUT2D eigenvalue weighted by Gasteiger charge is -2.31. The number of piperidine rings is 1. The molecule has 4 rings (SSSR count). The largest absolute Gasteiger partial charge is 0.507 e. The first-order chi connectivity index (χ1) is 18.2. The average Bonchev–Trinajstić information content (AvgIpc) is 3.37. The van der Waals surface area contributed by atoms with E-state index in [1.165, 1.54) is 0 Å². The maximum atomic E-state index is 13.3. The second-order valence-corrected chi connectivity index (χ2v) is 14.0. The van der Waals surface area contributed by atoms with Gasteiger partial charge < -0.3 is 19.5 Å². The molecule has 1 aliphatic heterocycles. The number of carbonyl (C=O) groups excluding carboxylic acids is 1. The summed E-state index contributed by atoms with van der Waals surface area (Å²) in [6, 6.07) is 7.69. The summed E-state index contributed by atoms with van der Waals surface area (Å²) in [7, 11) is 3.15. The Morgan fingerprint density at radius 3 is 2.03 bits per heavy atom. The number of hydrogen-bond acceptors (Lipinski definition) is 6. The molecule has 3 aromatic rings. The number of phenols is 1. The van der Waals surface area contributed by atoms with Crippen LogP contribution in [0.2, 0.25) is 0 Å². The summed E-state index contributed by atoms with van der Waals surface area (Å²) < 4.78 is 11.4. The minimum atomic E-state index is -0.193. The van der Waals surface area contributed by atoms with Gasteiger partial charge in [-0.25, -0.2) is 4.98 Å². The topological polar surface area (TPSA) is 71.9 Å². The Morgan fingerprint density at radius 1 is 0.974 bits per heavy atom. The van der Waals surface area contributed by atoms with Crippen molar-refractivity contribution in [2.24, 2.45) is 0 Å². The number of amides is 1. The van der Waals surface area contributed by atoms with Crippen molar-refractivity contribution >= 4 is 33.2 Å². The minimum absolute atomic E-state index is 0.0189. The van der Waals surface area contributed by atoms with Crippen LogP contribution in [0.4, 0.5) is 0 Å². The van der Waals surface area contributed by atoms with Crippen molar-refractivity contribution in [1.82, 2.24) is 9.88 Å². The van der Waals surface area contributed by atoms with Crippen molar-refractivity contribution in [1.29, 1.82) is 0 Å². The van der Waals surface area contributed by atoms with Crippen molar-refractivity contribution in [3.8, 4) is 28.5 Å². The first kappa shape index (κ1) is 29.4. The molecule has 1 amide bonds. The van der Waals surface area contributed by atoms with Crippen molar-refractivity contribution in [3.63, 3.8) is 0 Å². The fraction of sp³-hybridized carbons (Fsp3) is 0.484. The van der Waals surface area contributed by atoms with Crippen molar-refractivity contribution in [3.05, 3.63) is 55.8 Å². The summed E-state index contributed by atoms with van der Waals surface area (Å²) in [5.41, 5.74) is 4.04. The number of methoxy groups -OCH3 is 2. The lowest BCUT2D eigenvalue weighted by Crippen LogP contribution is -2.38. The Hall–Kier alpha value is -2.58. The van der Waals surface area contributed by atoms with E-state index in [1.54, 1.807) is 37.7 Å². The second-order valence-electron chi connectivity index (χ2n) is 12.2. The van der Waals surface area contributed by atoms with Gasteiger partial charge in [0.25, 0.3) is 5.91 Å². The Labute approximate surface area is 244 Å². The molecule has 1 N–H and O–H groups in total. The first-order valence-electron chi connectivity index (χ1n) is 13.3. The van der Waals surface area contributed by atoms with Crippen molar-refractivity contribution in [2.75, 3.05) is 27.3 Å². The third-order valence-corrected chi connectivity index (χ3v) is 9.04. The molecule has 1 fully saturated rings. The van der Waals surface area contributed by atoms with Gasteiger partial charge in [-0.15, -0.1) is 11.3 Å². The van der Waals surface area contributed by atoms with Gasteiger partial charge in [0.2, 0.25) is 0 Å². The molecule has 0 atom stereocenters. The van der Waals surface area contributed by atoms with E-state index >= 15 is 0 Å². The highest BCUT2D eigenvalue weighted by atomic mass is 79.9. The Bertz CT molecular complexity index is 1330. The maximum absolute atomic E-state index is 13.3. The summed E-state index contributed by atoms with van der Waals surface area (Å²) >= 11 is 5.21. The summed E-state index contributed by atoms with van der Waals surface area (Å²) in [5.74, 6) is 1.79. The zero-order chi connectivity index (χ0) is 28.7. The van der Waals surface area contributed by atoms with E-state index in [-0.39, 0.29) is 16.7 Å². The average molecular weight is 616 g/mol. The number of thiazole rings is 1. The zero-order valence-electron chi connectivity index (χ0n) is 24.1. The van der Waals surface area contributed by atoms with Crippen LogP contribution in [0.1, 0.15) is 86.8 Å². The van der Waals surface area contributed by atoms with Crippen LogP contribution in [0.3, 0.4) is 0 Å². The molecule has 2 heterocycles. The molecule has 0 saturated carbocycles. The SMILES string of the molecule is COc1cc(Br)c(C(=O)N2CCC(c3nc(-c4cc(C(C)(C)C)c(O)c(C(C)(C)C)c4)cs3)CC2)cc1OC. The summed E-state index contributed by atoms with van der Waals surface area (Å²) in [6.45, 7) is 14.1. The lowest BCUT2D eigenvalue weighted by atomic mass is 9.78. The summed E-state index contributed by atoms with van der Waals surface area (Å²) in [6.07, 6.45) is 1.72. The number of rotatable bonds is 5. The van der Waals surface area contributed by atoms with Gasteiger partial charge in [-0.05, 0) is 63.9 Å². The van der Waals surface area contributed by atoms with E-state index in [2.05, 4.69) is 75.0 Å². The van der Waals surface area contributed by atoms with E-state index in [1.807, 2.05) is 4.90 Å². The van der Waals surface area contributed by atoms with Gasteiger partial charge in [0.05, 0.1) is 30.5 Å². The first-order valence-corrected chi connectivity index (χ1v) is 15.0. The van der Waals surface area contributed by atoms with Gasteiger partial charge in [-0.2, -0.15) is 0 Å². The molecule has 1 saturated heterocycles. The molecule has 0 spiro atoms. The number of hydrogen-bond donors (Lipinski definition) is 1. The molecule has 6 nitrogen and oxygen atoms in total. The normalized spacial score (nSPS) is 14.9. The number of likely N-dealkylation sites (tertiary alicyclic amines) is 1. The number of nitrogens with zero attached hydrogens (tertiary/aromatic N) is 2. The van der Waals surface area contributed by atoms with Crippen LogP contribution in [-0.4, -0.2) is 48.2 Å². The molecule has 0 aliphatic carbocycles. The van der Waals surface area contributed by atoms with E-state index in [0.717, 1.165) is 40.2 Å². The smallest absolute Gasteiger partial charge is 0.255 e. The second kappa shape index (κ2) is 11.1. The number of benzene rings is 2. The molecule has 2 aromatic carbocycles. The van der Waals surface area contributed by atoms with Crippen LogP contribution in [0.25, 0.3) is 11.3 Å². The quantitative estimate of drug-likeness (QED) is 0.316. The molecule has 1 aliphatic rings. The molecular formula is C31H39BrN2O4S. The number of phenolic OH excluding ortho intramolecular Hbond substituents is 1. The van der Waals surface area contributed by atoms with Gasteiger partial charge in [0, 0.05) is 45.6 Å². The van der Waals surface area contributed by atoms with Gasteiger partial charge in [-0.1, -0.05) is 41.5 Å². The van der Waals surface area contributed by atoms with Crippen LogP contribution >= 0.6 is 27.3 Å². The Kier molecular flexibility index (Phi) is 8.39. The Balaban J connectivity index is 1.53. The third-order valence-electron chi connectivity index (χ3n) is 7.38. The number of ether oxygens (including phenoxy) is 2. The van der Waals surface area contributed by atoms with Crippen LogP contribution in [0.15, 0.2) is 34.1 Å². The van der Waals surface area contributed by atoms with Gasteiger partial charge >= 0.3 is 0 Å². The minimum Gasteiger partial charge on any atom is -0.507 e. The van der Waals surface area contributed by atoms with Crippen LogP contribution < -0.4 is 9.47 Å². The highest BCUT2D eigenvalue weighted by molar-refractivity contribution is 9.10. The van der Waals surface area contributed by atoms with Crippen LogP contribution in [0, 0.1) is 0 Å². The lowest BCUT2D eigenvalue weighted by molar-refractivity contribution is 0.0711. The van der Waals surface area contributed by atoms with E-state index in [9.17, 15) is 9.90 Å². The number of carbonyl (C=O) groups is 1. The molecule has 0 unspecified atom stereocenters. The molecule has 0 radical (unpaired) electrons. The molecule has 0 bridgehead atoms. The number of halogens is 1. The predicted octanol–water partition coefficient (Wildman–Crippen LogP) is 7.91. The molecule has 1 aromatic heterocycles. The summed E-state index contributed by atoms with van der Waals surface area (Å²) in [4.78, 5) is 20.3. The van der Waals surface area contributed by atoms with E-state index in [4.69, 9.17) is 14.5 Å². The molecule has 39 heavy (non-hydrogen) atoms. The standard InChI is InChI=1S/C31H39BrN2O4S/c1-30(2,3)21-13-19(14-22(27(21)35)31(4,5)6)24-17-39-28(33-24)18-9-11-34(12-10-18)29(36)20-15-25(37-7)26(38-8)16-23(20)32/h13-18,35H,9-12H2,1-8H3.